The monoisotopic (exact) mass is 1790 g/mol. The quantitative estimate of drug-likeness (QED) is 0.0950. The molecule has 0 saturated carbocycles. The third-order valence-corrected chi connectivity index (χ3v) is 12.6. The van der Waals surface area contributed by atoms with Crippen molar-refractivity contribution in [3.63, 3.8) is 0 Å². The van der Waals surface area contributed by atoms with Gasteiger partial charge in [0.25, 0.3) is 0 Å². The van der Waals surface area contributed by atoms with Crippen molar-refractivity contribution in [2.75, 3.05) is 0 Å². The van der Waals surface area contributed by atoms with Gasteiger partial charge >= 0.3 is 167 Å². The first kappa shape index (κ1) is 116. The second-order valence-corrected chi connectivity index (χ2v) is 21.7. The highest BCUT2D eigenvalue weighted by molar-refractivity contribution is 5.18. The molecule has 0 fully saturated rings. The first-order valence-electron chi connectivity index (χ1n) is 26.3. The first-order chi connectivity index (χ1) is 46.0. The van der Waals surface area contributed by atoms with Gasteiger partial charge in [-0.3, -0.25) is 0 Å². The molecule has 0 rings (SSSR count). The summed E-state index contributed by atoms with van der Waals surface area (Å²) in [6.45, 7) is 8.16. The van der Waals surface area contributed by atoms with Gasteiger partial charge in [-0.25, -0.2) is 0 Å². The Labute approximate surface area is 565 Å². The molecule has 0 aromatic carbocycles. The van der Waals surface area contributed by atoms with Crippen molar-refractivity contribution in [2.45, 2.75) is 264 Å². The fourth-order valence-electron chi connectivity index (χ4n) is 5.84. The molecule has 0 spiro atoms. The standard InChI is InChI=1S/C13H7F21.C9H7F13.C8H7F11O.C7H7F9.C7H9F7O.C2H6/c1-3(2)4(14,15)5(16,17)6(18,19)7(20,21)8(22,23)9(24,25)10(26,27)11(28,29)12(30,31)13(32,33)34;1-3(2)4(10,11)5(12,13)6(14,15)7(16,17)8(18,19)9(20,21)22;1-3(2)20-8(18,19)4(5(9,10)11,6(12,13)14)7(15,16)17;1-3(2)4(8,9)5(10,11)6(12,13)7(14,15)16;1-3-4(2)15-5(8,6(9,10)11)7(12,13)14;1-2/h3H,1-2H3;3H,1-2H3;3H,1-2H3;3H,1-2H3;4H,3H2,1-2H3;1-2H3. The summed E-state index contributed by atoms with van der Waals surface area (Å²) in [5.74, 6) is -145. The molecule has 0 N–H and O–H groups in total. The second kappa shape index (κ2) is 33.1. The molecule has 0 radical (unpaired) electrons. The SMILES string of the molecule is CC.CC(C)C(F)(F)C(F)(F)C(F)(F)C(F)(F)C(F)(F)C(F)(F)C(F)(F)C(F)(F)C(F)(F)C(F)(F)F.CC(C)C(F)(F)C(F)(F)C(F)(F)C(F)(F)C(F)(F)C(F)(F)F.CC(C)C(F)(F)C(F)(F)C(F)(F)C(F)(F)F.CC(C)OC(F)(F)C(C(F)(F)F)(C(F)(F)F)C(F)(F)F.CCC(C)OC(F)(C(F)(F)F)C(F)(F)F. The van der Waals surface area contributed by atoms with Crippen LogP contribution in [0, 0.1) is 23.2 Å². The molecule has 0 aliphatic carbocycles. The Kier molecular flexibility index (Phi) is 35.1. The van der Waals surface area contributed by atoms with E-state index in [9.17, 15) is 268 Å². The van der Waals surface area contributed by atoms with Gasteiger partial charge in [-0.05, 0) is 27.2 Å². The molecule has 0 aromatic heterocycles. The average Bonchev–Trinajstić information content (AvgIpc) is 0.694. The van der Waals surface area contributed by atoms with Crippen molar-refractivity contribution in [3.05, 3.63) is 0 Å². The van der Waals surface area contributed by atoms with Crippen LogP contribution in [0.15, 0.2) is 0 Å². The van der Waals surface area contributed by atoms with E-state index in [0.717, 1.165) is 6.92 Å². The lowest BCUT2D eigenvalue weighted by Gasteiger charge is -2.45. The molecule has 0 heterocycles. The number of rotatable bonds is 23. The van der Waals surface area contributed by atoms with Crippen molar-refractivity contribution in [1.82, 2.24) is 0 Å². The third-order valence-electron chi connectivity index (χ3n) is 12.6. The maximum Gasteiger partial charge on any atom is 0.460 e. The summed E-state index contributed by atoms with van der Waals surface area (Å²) >= 11 is 0. The van der Waals surface area contributed by atoms with E-state index in [1.807, 2.05) is 13.8 Å². The van der Waals surface area contributed by atoms with Gasteiger partial charge in [0, 0.05) is 17.8 Å². The van der Waals surface area contributed by atoms with E-state index in [-0.39, 0.29) is 34.1 Å². The summed E-state index contributed by atoms with van der Waals surface area (Å²) in [7, 11) is 0. The summed E-state index contributed by atoms with van der Waals surface area (Å²) in [4.78, 5) is 0. The van der Waals surface area contributed by atoms with Crippen molar-refractivity contribution >= 4 is 0 Å². The van der Waals surface area contributed by atoms with Gasteiger partial charge < -0.3 is 9.47 Å². The molecule has 0 aromatic rings. The molecule has 1 atom stereocenters. The number of hydrogen-bond donors (Lipinski definition) is 0. The van der Waals surface area contributed by atoms with Crippen LogP contribution in [-0.4, -0.2) is 174 Å². The lowest BCUT2D eigenvalue weighted by Crippen LogP contribution is -2.77. The zero-order valence-electron chi connectivity index (χ0n) is 53.5. The maximum absolute atomic E-state index is 13.4. The van der Waals surface area contributed by atoms with Crippen LogP contribution in [0.5, 0.6) is 0 Å². The summed E-state index contributed by atoms with van der Waals surface area (Å²) < 4.78 is 773. The van der Waals surface area contributed by atoms with E-state index in [0.29, 0.717) is 27.7 Å². The van der Waals surface area contributed by atoms with Crippen LogP contribution in [-0.2, 0) is 9.47 Å². The molecule has 2 nitrogen and oxygen atoms in total. The zero-order valence-corrected chi connectivity index (χ0v) is 53.5. The maximum atomic E-state index is 13.4. The molecule has 1 unspecified atom stereocenters. The summed E-state index contributed by atoms with van der Waals surface area (Å²) in [6.07, 6.45) is -66.8. The summed E-state index contributed by atoms with van der Waals surface area (Å²) in [5.41, 5.74) is -7.32. The molecule has 666 valence electrons. The van der Waals surface area contributed by atoms with Crippen molar-refractivity contribution < 1.29 is 277 Å². The fourth-order valence-corrected chi connectivity index (χ4v) is 5.84. The lowest BCUT2D eigenvalue weighted by molar-refractivity contribution is -0.518. The van der Waals surface area contributed by atoms with Crippen LogP contribution in [0.2, 0.25) is 0 Å². The molecule has 0 aliphatic rings. The van der Waals surface area contributed by atoms with Crippen LogP contribution < -0.4 is 0 Å². The minimum Gasteiger partial charge on any atom is -0.329 e. The Balaban J connectivity index is -0.000000313. The van der Waals surface area contributed by atoms with Crippen LogP contribution in [0.3, 0.4) is 0 Å². The highest BCUT2D eigenvalue weighted by atomic mass is 19.5. The Morgan fingerprint density at radius 1 is 0.193 bits per heavy atom. The average molecular weight is 1790 g/mol. The summed E-state index contributed by atoms with van der Waals surface area (Å²) in [5, 5.41) is 0. The highest BCUT2D eigenvalue weighted by Crippen LogP contribution is 2.70. The van der Waals surface area contributed by atoms with Crippen LogP contribution in [0.1, 0.15) is 89.5 Å². The van der Waals surface area contributed by atoms with Gasteiger partial charge in [-0.15, -0.1) is 0 Å². The van der Waals surface area contributed by atoms with E-state index in [1.54, 1.807) is 0 Å². The number of hydrogen-bond acceptors (Lipinski definition) is 2. The number of halogens is 61. The normalized spacial score (nSPS) is 16.2. The molecule has 63 heteroatoms. The van der Waals surface area contributed by atoms with Gasteiger partial charge in [0.05, 0.1) is 12.2 Å². The number of ether oxygens (including phenoxy) is 2. The van der Waals surface area contributed by atoms with E-state index in [2.05, 4.69) is 9.47 Å². The third kappa shape index (κ3) is 19.8. The zero-order chi connectivity index (χ0) is 92.0. The Morgan fingerprint density at radius 2 is 0.339 bits per heavy atom. The smallest absolute Gasteiger partial charge is 0.329 e. The highest BCUT2D eigenvalue weighted by Gasteiger charge is 2.99. The number of alkyl halides is 61. The van der Waals surface area contributed by atoms with Crippen molar-refractivity contribution in [2.24, 2.45) is 23.2 Å². The lowest BCUT2D eigenvalue weighted by atomic mass is 9.83. The molecule has 0 saturated heterocycles. The van der Waals surface area contributed by atoms with E-state index >= 15 is 0 Å². The van der Waals surface area contributed by atoms with Crippen LogP contribution >= 0.6 is 0 Å². The van der Waals surface area contributed by atoms with E-state index in [4.69, 9.17) is 0 Å². The predicted molar refractivity (Wildman–Crippen MR) is 237 cm³/mol. The molecule has 0 bridgehead atoms. The van der Waals surface area contributed by atoms with E-state index < -0.39 is 197 Å². The molecular formula is C46H43F61O2. The van der Waals surface area contributed by atoms with Gasteiger partial charge in [0.1, 0.15) is 0 Å². The molecule has 0 aliphatic heterocycles. The fraction of sp³-hybridized carbons (Fsp3) is 1.00. The van der Waals surface area contributed by atoms with E-state index in [1.165, 1.54) is 6.92 Å². The molecule has 109 heavy (non-hydrogen) atoms. The van der Waals surface area contributed by atoms with Gasteiger partial charge in [-0.1, -0.05) is 62.3 Å². The van der Waals surface area contributed by atoms with Crippen LogP contribution in [0.4, 0.5) is 268 Å². The molecule has 0 amide bonds. The van der Waals surface area contributed by atoms with Crippen molar-refractivity contribution in [1.29, 1.82) is 0 Å². The van der Waals surface area contributed by atoms with Gasteiger partial charge in [0.2, 0.25) is 0 Å². The first-order valence-corrected chi connectivity index (χ1v) is 26.3. The Hall–Kier alpha value is -4.35. The molecular weight excluding hydrogens is 1740 g/mol. The van der Waals surface area contributed by atoms with Crippen LogP contribution in [0.25, 0.3) is 0 Å². The van der Waals surface area contributed by atoms with Gasteiger partial charge in [-0.2, -0.15) is 268 Å². The Morgan fingerprint density at radius 3 is 0.468 bits per heavy atom. The summed E-state index contributed by atoms with van der Waals surface area (Å²) in [6, 6.07) is 0. The second-order valence-electron chi connectivity index (χ2n) is 21.7. The minimum atomic E-state index is -9.13. The van der Waals surface area contributed by atoms with Crippen molar-refractivity contribution in [3.8, 4) is 0 Å². The minimum absolute atomic E-state index is 0.150. The predicted octanol–water partition coefficient (Wildman–Crippen LogP) is 26.7. The Bertz CT molecular complexity index is 2710. The largest absolute Gasteiger partial charge is 0.460 e. The van der Waals surface area contributed by atoms with Gasteiger partial charge in [0.15, 0.2) is 0 Å². The topological polar surface area (TPSA) is 18.5 Å².